The van der Waals surface area contributed by atoms with E-state index in [0.717, 1.165) is 31.2 Å². The topological polar surface area (TPSA) is 58.6 Å². The fraction of sp³-hybridized carbons (Fsp3) is 0.941. The van der Waals surface area contributed by atoms with E-state index in [0.29, 0.717) is 26.0 Å². The van der Waals surface area contributed by atoms with Crippen molar-refractivity contribution in [3.8, 4) is 0 Å². The molecule has 0 bridgehead atoms. The zero-order valence-electron chi connectivity index (χ0n) is 13.6. The van der Waals surface area contributed by atoms with E-state index in [4.69, 9.17) is 4.74 Å². The molecule has 2 unspecified atom stereocenters. The molecule has 2 N–H and O–H groups in total. The summed E-state index contributed by atoms with van der Waals surface area (Å²) in [6.07, 6.45) is 6.90. The lowest BCUT2D eigenvalue weighted by molar-refractivity contribution is -0.151. The second-order valence-corrected chi connectivity index (χ2v) is 7.05. The van der Waals surface area contributed by atoms with Crippen LogP contribution in [0.4, 0.5) is 0 Å². The van der Waals surface area contributed by atoms with Gasteiger partial charge in [-0.15, -0.1) is 0 Å². The molecule has 0 aromatic rings. The molecule has 2 aliphatic rings. The van der Waals surface area contributed by atoms with Gasteiger partial charge in [-0.3, -0.25) is 4.79 Å². The van der Waals surface area contributed by atoms with Crippen LogP contribution in [0.5, 0.6) is 0 Å². The average molecular weight is 297 g/mol. The molecule has 122 valence electrons. The number of hydrogen-bond acceptors (Lipinski definition) is 4. The summed E-state index contributed by atoms with van der Waals surface area (Å²) in [5.41, 5.74) is -0.634. The van der Waals surface area contributed by atoms with Crippen LogP contribution in [0.3, 0.4) is 0 Å². The molecule has 4 nitrogen and oxygen atoms in total. The Labute approximate surface area is 128 Å². The van der Waals surface area contributed by atoms with E-state index >= 15 is 0 Å². The van der Waals surface area contributed by atoms with Gasteiger partial charge in [-0.1, -0.05) is 19.8 Å². The van der Waals surface area contributed by atoms with Gasteiger partial charge >= 0.3 is 5.97 Å². The van der Waals surface area contributed by atoms with Crippen molar-refractivity contribution >= 4 is 5.97 Å². The van der Waals surface area contributed by atoms with Crippen molar-refractivity contribution in [2.24, 2.45) is 17.8 Å². The van der Waals surface area contributed by atoms with Crippen molar-refractivity contribution in [3.05, 3.63) is 0 Å². The first-order valence-corrected chi connectivity index (χ1v) is 8.64. The van der Waals surface area contributed by atoms with E-state index in [2.05, 4.69) is 12.2 Å². The Bertz CT molecular complexity index is 337. The molecule has 0 saturated heterocycles. The Balaban J connectivity index is 1.68. The molecule has 0 aromatic carbocycles. The molecule has 21 heavy (non-hydrogen) atoms. The SMILES string of the molecule is CCOC(=O)C1CCC(O)(CNCC2CCCC2C)CC1. The first kappa shape index (κ1) is 16.8. The summed E-state index contributed by atoms with van der Waals surface area (Å²) < 4.78 is 5.07. The van der Waals surface area contributed by atoms with E-state index in [9.17, 15) is 9.90 Å². The Morgan fingerprint density at radius 3 is 2.57 bits per heavy atom. The quantitative estimate of drug-likeness (QED) is 0.740. The number of nitrogens with one attached hydrogen (secondary N) is 1. The first-order valence-electron chi connectivity index (χ1n) is 8.64. The largest absolute Gasteiger partial charge is 0.466 e. The summed E-state index contributed by atoms with van der Waals surface area (Å²) >= 11 is 0. The molecule has 0 heterocycles. The van der Waals surface area contributed by atoms with Crippen molar-refractivity contribution in [2.45, 2.75) is 64.4 Å². The number of rotatable bonds is 6. The van der Waals surface area contributed by atoms with E-state index in [1.165, 1.54) is 19.3 Å². The first-order chi connectivity index (χ1) is 10.0. The van der Waals surface area contributed by atoms with Crippen molar-refractivity contribution in [1.82, 2.24) is 5.32 Å². The van der Waals surface area contributed by atoms with Gasteiger partial charge < -0.3 is 15.2 Å². The van der Waals surface area contributed by atoms with E-state index in [-0.39, 0.29) is 11.9 Å². The van der Waals surface area contributed by atoms with Gasteiger partial charge in [0.05, 0.1) is 18.1 Å². The molecule has 2 aliphatic carbocycles. The Morgan fingerprint density at radius 1 is 1.29 bits per heavy atom. The highest BCUT2D eigenvalue weighted by atomic mass is 16.5. The van der Waals surface area contributed by atoms with Gasteiger partial charge in [0.2, 0.25) is 0 Å². The number of hydrogen-bond donors (Lipinski definition) is 2. The van der Waals surface area contributed by atoms with Gasteiger partial charge in [0.15, 0.2) is 0 Å². The van der Waals surface area contributed by atoms with Crippen molar-refractivity contribution in [3.63, 3.8) is 0 Å². The van der Waals surface area contributed by atoms with Gasteiger partial charge in [-0.05, 0) is 57.4 Å². The van der Waals surface area contributed by atoms with Crippen LogP contribution >= 0.6 is 0 Å². The normalized spacial score (nSPS) is 36.6. The lowest BCUT2D eigenvalue weighted by Gasteiger charge is -2.35. The molecule has 0 amide bonds. The molecular formula is C17H31NO3. The third-order valence-electron chi connectivity index (χ3n) is 5.44. The Hall–Kier alpha value is -0.610. The highest BCUT2D eigenvalue weighted by Gasteiger charge is 2.36. The summed E-state index contributed by atoms with van der Waals surface area (Å²) in [5, 5.41) is 14.1. The molecule has 2 rings (SSSR count). The summed E-state index contributed by atoms with van der Waals surface area (Å²) in [4.78, 5) is 11.7. The van der Waals surface area contributed by atoms with E-state index in [1.807, 2.05) is 6.92 Å². The lowest BCUT2D eigenvalue weighted by Crippen LogP contribution is -2.45. The van der Waals surface area contributed by atoms with Gasteiger partial charge in [0.25, 0.3) is 0 Å². The number of aliphatic hydroxyl groups is 1. The molecule has 2 saturated carbocycles. The molecule has 0 aliphatic heterocycles. The standard InChI is InChI=1S/C17H31NO3/c1-3-21-16(19)14-7-9-17(20,10-8-14)12-18-11-15-6-4-5-13(15)2/h13-15,18,20H,3-12H2,1-2H3. The molecule has 0 aromatic heterocycles. The zero-order chi connectivity index (χ0) is 15.3. The maximum absolute atomic E-state index is 11.7. The smallest absolute Gasteiger partial charge is 0.308 e. The van der Waals surface area contributed by atoms with Crippen LogP contribution in [0.15, 0.2) is 0 Å². The number of carbonyl (C=O) groups is 1. The molecule has 0 spiro atoms. The van der Waals surface area contributed by atoms with Gasteiger partial charge in [-0.25, -0.2) is 0 Å². The van der Waals surface area contributed by atoms with Crippen molar-refractivity contribution < 1.29 is 14.6 Å². The average Bonchev–Trinajstić information content (AvgIpc) is 2.85. The maximum atomic E-state index is 11.7. The van der Waals surface area contributed by atoms with Crippen LogP contribution in [0.25, 0.3) is 0 Å². The highest BCUT2D eigenvalue weighted by Crippen LogP contribution is 2.33. The lowest BCUT2D eigenvalue weighted by atomic mass is 9.78. The van der Waals surface area contributed by atoms with E-state index in [1.54, 1.807) is 0 Å². The van der Waals surface area contributed by atoms with Crippen LogP contribution in [-0.4, -0.2) is 36.4 Å². The zero-order valence-corrected chi connectivity index (χ0v) is 13.6. The Morgan fingerprint density at radius 2 is 2.00 bits per heavy atom. The third kappa shape index (κ3) is 4.68. The van der Waals surface area contributed by atoms with Crippen LogP contribution in [-0.2, 0) is 9.53 Å². The van der Waals surface area contributed by atoms with Crippen LogP contribution < -0.4 is 5.32 Å². The summed E-state index contributed by atoms with van der Waals surface area (Å²) in [6.45, 7) is 6.29. The summed E-state index contributed by atoms with van der Waals surface area (Å²) in [6, 6.07) is 0. The Kier molecular flexibility index (Phi) is 6.06. The predicted molar refractivity (Wildman–Crippen MR) is 82.9 cm³/mol. The molecule has 0 radical (unpaired) electrons. The predicted octanol–water partition coefficient (Wildman–Crippen LogP) is 2.50. The minimum atomic E-state index is -0.634. The fourth-order valence-corrected chi connectivity index (χ4v) is 3.84. The third-order valence-corrected chi connectivity index (χ3v) is 5.44. The molecule has 4 heteroatoms. The molecule has 2 atom stereocenters. The fourth-order valence-electron chi connectivity index (χ4n) is 3.84. The van der Waals surface area contributed by atoms with Gasteiger partial charge in [-0.2, -0.15) is 0 Å². The second-order valence-electron chi connectivity index (χ2n) is 7.05. The number of ether oxygens (including phenoxy) is 1. The number of carbonyl (C=O) groups excluding carboxylic acids is 1. The molecular weight excluding hydrogens is 266 g/mol. The van der Waals surface area contributed by atoms with Crippen molar-refractivity contribution in [1.29, 1.82) is 0 Å². The van der Waals surface area contributed by atoms with E-state index < -0.39 is 5.60 Å². The number of esters is 1. The second kappa shape index (κ2) is 7.59. The van der Waals surface area contributed by atoms with Crippen LogP contribution in [0.1, 0.15) is 58.8 Å². The minimum Gasteiger partial charge on any atom is -0.466 e. The maximum Gasteiger partial charge on any atom is 0.308 e. The van der Waals surface area contributed by atoms with Crippen molar-refractivity contribution in [2.75, 3.05) is 19.7 Å². The van der Waals surface area contributed by atoms with Gasteiger partial charge in [0, 0.05) is 6.54 Å². The minimum absolute atomic E-state index is 0.0138. The van der Waals surface area contributed by atoms with Crippen LogP contribution in [0.2, 0.25) is 0 Å². The molecule has 2 fully saturated rings. The summed E-state index contributed by atoms with van der Waals surface area (Å²) in [5.74, 6) is 1.48. The van der Waals surface area contributed by atoms with Crippen LogP contribution in [0, 0.1) is 17.8 Å². The highest BCUT2D eigenvalue weighted by molar-refractivity contribution is 5.72. The van der Waals surface area contributed by atoms with Gasteiger partial charge in [0.1, 0.15) is 0 Å². The monoisotopic (exact) mass is 297 g/mol. The summed E-state index contributed by atoms with van der Waals surface area (Å²) in [7, 11) is 0.